The van der Waals surface area contributed by atoms with Crippen molar-refractivity contribution in [2.45, 2.75) is 25.6 Å². The third-order valence-electron chi connectivity index (χ3n) is 5.15. The minimum absolute atomic E-state index is 0.0157. The van der Waals surface area contributed by atoms with Gasteiger partial charge in [0.2, 0.25) is 5.91 Å². The molecule has 0 bridgehead atoms. The number of rotatable bonds is 9. The third kappa shape index (κ3) is 6.04. The quantitative estimate of drug-likeness (QED) is 0.260. The minimum Gasteiger partial charge on any atom is -0.456 e. The van der Waals surface area contributed by atoms with Crippen LogP contribution in [0.2, 0.25) is 5.02 Å². The largest absolute Gasteiger partial charge is 0.456 e. The highest BCUT2D eigenvalue weighted by atomic mass is 35.5. The lowest BCUT2D eigenvalue weighted by molar-refractivity contribution is -0.137. The van der Waals surface area contributed by atoms with E-state index in [-0.39, 0.29) is 28.8 Å². The van der Waals surface area contributed by atoms with Gasteiger partial charge in [-0.25, -0.2) is 15.4 Å². The fourth-order valence-electron chi connectivity index (χ4n) is 3.55. The lowest BCUT2D eigenvalue weighted by atomic mass is 10.2. The molecule has 0 aliphatic heterocycles. The monoisotopic (exact) mass is 519 g/mol. The molecule has 0 aliphatic rings. The van der Waals surface area contributed by atoms with Crippen LogP contribution in [0.4, 0.5) is 24.7 Å². The molecule has 0 aliphatic carbocycles. The molecule has 2 aromatic carbocycles. The SMILES string of the molecule is CONC(=O)CCCn1ccc2ncnc(Nc3ccc(Oc4cccc(C(F)(F)F)c4)c(Cl)c3)c21. The highest BCUT2D eigenvalue weighted by molar-refractivity contribution is 6.32. The van der Waals surface area contributed by atoms with Crippen LogP contribution < -0.4 is 15.5 Å². The summed E-state index contributed by atoms with van der Waals surface area (Å²) in [6.07, 6.45) is -0.340. The van der Waals surface area contributed by atoms with E-state index in [9.17, 15) is 18.0 Å². The number of anilines is 2. The van der Waals surface area contributed by atoms with Crippen molar-refractivity contribution in [1.82, 2.24) is 20.0 Å². The van der Waals surface area contributed by atoms with Crippen molar-refractivity contribution >= 4 is 40.0 Å². The van der Waals surface area contributed by atoms with E-state index >= 15 is 0 Å². The van der Waals surface area contributed by atoms with E-state index in [4.69, 9.17) is 16.3 Å². The molecule has 2 heterocycles. The highest BCUT2D eigenvalue weighted by Crippen LogP contribution is 2.36. The van der Waals surface area contributed by atoms with E-state index in [1.165, 1.54) is 25.6 Å². The molecular weight excluding hydrogens is 499 g/mol. The van der Waals surface area contributed by atoms with Gasteiger partial charge in [-0.1, -0.05) is 17.7 Å². The molecule has 0 fully saturated rings. The Balaban J connectivity index is 1.50. The number of hydrogen-bond donors (Lipinski definition) is 2. The zero-order valence-corrected chi connectivity index (χ0v) is 19.7. The van der Waals surface area contributed by atoms with Crippen LogP contribution in [0.1, 0.15) is 18.4 Å². The standard InChI is InChI=1S/C24H21ClF3N5O3/c1-35-32-21(34)6-3-10-33-11-9-19-22(33)23(30-14-29-19)31-16-7-8-20(18(25)13-16)36-17-5-2-4-15(12-17)24(26,27)28/h2,4-5,7-9,11-14H,3,6,10H2,1H3,(H,32,34)(H,29,30,31). The first kappa shape index (κ1) is 25.3. The van der Waals surface area contributed by atoms with Crippen molar-refractivity contribution in [3.63, 3.8) is 0 Å². The number of carbonyl (C=O) groups excluding carboxylic acids is 1. The lowest BCUT2D eigenvalue weighted by Gasteiger charge is -2.13. The number of benzene rings is 2. The molecule has 0 saturated heterocycles. The molecule has 36 heavy (non-hydrogen) atoms. The Hall–Kier alpha value is -3.83. The molecule has 188 valence electrons. The maximum atomic E-state index is 13.0. The summed E-state index contributed by atoms with van der Waals surface area (Å²) in [5.74, 6) is 0.522. The number of aryl methyl sites for hydroxylation is 1. The van der Waals surface area contributed by atoms with Gasteiger partial charge < -0.3 is 14.6 Å². The van der Waals surface area contributed by atoms with Crippen LogP contribution >= 0.6 is 11.6 Å². The molecule has 0 unspecified atom stereocenters. The first-order valence-electron chi connectivity index (χ1n) is 10.8. The molecular formula is C24H21ClF3N5O3. The van der Waals surface area contributed by atoms with Crippen LogP contribution in [0.5, 0.6) is 11.5 Å². The number of nitrogens with zero attached hydrogens (tertiary/aromatic N) is 3. The fraction of sp³-hybridized carbons (Fsp3) is 0.208. The molecule has 4 rings (SSSR count). The normalized spacial score (nSPS) is 11.5. The van der Waals surface area contributed by atoms with Gasteiger partial charge in [0.1, 0.15) is 23.3 Å². The van der Waals surface area contributed by atoms with Gasteiger partial charge in [0.05, 0.1) is 23.2 Å². The smallest absolute Gasteiger partial charge is 0.416 e. The van der Waals surface area contributed by atoms with Crippen molar-refractivity contribution < 1.29 is 27.5 Å². The summed E-state index contributed by atoms with van der Waals surface area (Å²) in [6.45, 7) is 0.549. The number of alkyl halides is 3. The van der Waals surface area contributed by atoms with Gasteiger partial charge in [-0.3, -0.25) is 9.63 Å². The van der Waals surface area contributed by atoms with Crippen molar-refractivity contribution in [3.05, 3.63) is 71.6 Å². The van der Waals surface area contributed by atoms with Gasteiger partial charge in [-0.05, 0) is 48.9 Å². The zero-order chi connectivity index (χ0) is 25.7. The van der Waals surface area contributed by atoms with E-state index < -0.39 is 11.7 Å². The molecule has 0 atom stereocenters. The van der Waals surface area contributed by atoms with E-state index in [2.05, 4.69) is 25.6 Å². The minimum atomic E-state index is -4.48. The third-order valence-corrected chi connectivity index (χ3v) is 5.45. The molecule has 0 saturated carbocycles. The number of halogens is 4. The van der Waals surface area contributed by atoms with Crippen LogP contribution in [0.15, 0.2) is 61.1 Å². The molecule has 12 heteroatoms. The Kier molecular flexibility index (Phi) is 7.61. The van der Waals surface area contributed by atoms with Gasteiger partial charge in [-0.15, -0.1) is 0 Å². The van der Waals surface area contributed by atoms with Crippen LogP contribution in [-0.2, 0) is 22.4 Å². The molecule has 0 spiro atoms. The number of hydrogen-bond acceptors (Lipinski definition) is 6. The maximum Gasteiger partial charge on any atom is 0.416 e. The number of hydroxylamine groups is 1. The van der Waals surface area contributed by atoms with Crippen molar-refractivity contribution in [2.75, 3.05) is 12.4 Å². The molecule has 1 amide bonds. The van der Waals surface area contributed by atoms with Gasteiger partial charge in [0, 0.05) is 24.8 Å². The Morgan fingerprint density at radius 3 is 2.72 bits per heavy atom. The van der Waals surface area contributed by atoms with Gasteiger partial charge in [0.15, 0.2) is 5.82 Å². The zero-order valence-electron chi connectivity index (χ0n) is 19.0. The number of ether oxygens (including phenoxy) is 1. The Labute approximate surface area is 209 Å². The predicted octanol–water partition coefficient (Wildman–Crippen LogP) is 6.10. The Morgan fingerprint density at radius 1 is 1.14 bits per heavy atom. The molecule has 8 nitrogen and oxygen atoms in total. The second-order valence-electron chi connectivity index (χ2n) is 7.70. The topological polar surface area (TPSA) is 90.3 Å². The summed E-state index contributed by atoms with van der Waals surface area (Å²) in [7, 11) is 1.38. The summed E-state index contributed by atoms with van der Waals surface area (Å²) in [4.78, 5) is 24.9. The maximum absolute atomic E-state index is 13.0. The highest BCUT2D eigenvalue weighted by Gasteiger charge is 2.30. The fourth-order valence-corrected chi connectivity index (χ4v) is 3.77. The number of nitrogens with one attached hydrogen (secondary N) is 2. The predicted molar refractivity (Wildman–Crippen MR) is 128 cm³/mol. The Bertz CT molecular complexity index is 1380. The van der Waals surface area contributed by atoms with E-state index in [0.29, 0.717) is 30.0 Å². The summed E-state index contributed by atoms with van der Waals surface area (Å²) in [6, 6.07) is 11.2. The molecule has 2 aromatic heterocycles. The molecule has 0 radical (unpaired) electrons. The van der Waals surface area contributed by atoms with Gasteiger partial charge in [0.25, 0.3) is 0 Å². The number of fused-ring (bicyclic) bond motifs is 1. The molecule has 2 N–H and O–H groups in total. The number of carbonyl (C=O) groups is 1. The number of aromatic nitrogens is 3. The van der Waals surface area contributed by atoms with E-state index in [1.54, 1.807) is 18.2 Å². The van der Waals surface area contributed by atoms with Gasteiger partial charge >= 0.3 is 6.18 Å². The summed E-state index contributed by atoms with van der Waals surface area (Å²) >= 11 is 6.35. The van der Waals surface area contributed by atoms with E-state index in [0.717, 1.165) is 17.6 Å². The van der Waals surface area contributed by atoms with Crippen molar-refractivity contribution in [1.29, 1.82) is 0 Å². The average molecular weight is 520 g/mol. The average Bonchev–Trinajstić information content (AvgIpc) is 3.25. The molecule has 4 aromatic rings. The van der Waals surface area contributed by atoms with E-state index in [1.807, 2.05) is 16.8 Å². The summed E-state index contributed by atoms with van der Waals surface area (Å²) in [5, 5.41) is 3.39. The van der Waals surface area contributed by atoms with Crippen molar-refractivity contribution in [2.24, 2.45) is 0 Å². The second kappa shape index (κ2) is 10.8. The van der Waals surface area contributed by atoms with Crippen LogP contribution in [0, 0.1) is 0 Å². The van der Waals surface area contributed by atoms with Crippen LogP contribution in [-0.4, -0.2) is 27.6 Å². The first-order chi connectivity index (χ1) is 17.2. The second-order valence-corrected chi connectivity index (χ2v) is 8.10. The Morgan fingerprint density at radius 2 is 1.97 bits per heavy atom. The lowest BCUT2D eigenvalue weighted by Crippen LogP contribution is -2.21. The van der Waals surface area contributed by atoms with Crippen LogP contribution in [0.25, 0.3) is 11.0 Å². The number of amides is 1. The van der Waals surface area contributed by atoms with Crippen LogP contribution in [0.3, 0.4) is 0 Å². The summed E-state index contributed by atoms with van der Waals surface area (Å²) in [5.41, 5.74) is 3.51. The van der Waals surface area contributed by atoms with Crippen molar-refractivity contribution in [3.8, 4) is 11.5 Å². The van der Waals surface area contributed by atoms with Gasteiger partial charge in [-0.2, -0.15) is 13.2 Å². The first-order valence-corrected chi connectivity index (χ1v) is 11.2. The summed E-state index contributed by atoms with van der Waals surface area (Å²) < 4.78 is 46.4.